The first-order chi connectivity index (χ1) is 16.9. The number of carboxylic acid groups (broad SMARTS) is 1. The number of rotatable bonds is 8. The number of ether oxygens (including phenoxy) is 1. The molecule has 0 bridgehead atoms. The summed E-state index contributed by atoms with van der Waals surface area (Å²) in [4.78, 5) is 46.5. The van der Waals surface area contributed by atoms with Gasteiger partial charge in [0, 0.05) is 24.2 Å². The third-order valence-electron chi connectivity index (χ3n) is 5.74. The Morgan fingerprint density at radius 2 is 2.11 bits per heavy atom. The van der Waals surface area contributed by atoms with Crippen molar-refractivity contribution in [2.45, 2.75) is 38.7 Å². The molecule has 4 heterocycles. The summed E-state index contributed by atoms with van der Waals surface area (Å²) in [5.74, 6) is -0.432. The Balaban J connectivity index is 1.74. The average Bonchev–Trinajstić information content (AvgIpc) is 3.32. The number of piperidine rings is 1. The Labute approximate surface area is 206 Å². The SMILES string of the molecule is CC(C)c1csc(C=Cc2ccn3c(=O)c(C=CC(=O)O)c(N4CCC[C@@H](OC=O)C4)nc3c2)n1. The van der Waals surface area contributed by atoms with Gasteiger partial charge in [-0.25, -0.2) is 14.8 Å². The first-order valence-corrected chi connectivity index (χ1v) is 12.2. The first kappa shape index (κ1) is 24.3. The molecule has 1 N–H and O–H groups in total. The van der Waals surface area contributed by atoms with Crippen LogP contribution in [0.15, 0.2) is 34.6 Å². The van der Waals surface area contributed by atoms with E-state index in [0.29, 0.717) is 43.4 Å². The molecule has 0 unspecified atom stereocenters. The molecule has 0 amide bonds. The van der Waals surface area contributed by atoms with Gasteiger partial charge in [-0.3, -0.25) is 14.0 Å². The molecule has 1 aliphatic rings. The van der Waals surface area contributed by atoms with E-state index in [1.165, 1.54) is 10.5 Å². The highest BCUT2D eigenvalue weighted by Gasteiger charge is 2.25. The molecule has 1 aliphatic heterocycles. The van der Waals surface area contributed by atoms with Crippen LogP contribution < -0.4 is 10.5 Å². The lowest BCUT2D eigenvalue weighted by Gasteiger charge is -2.33. The number of aliphatic carboxylic acids is 1. The topological polar surface area (TPSA) is 114 Å². The van der Waals surface area contributed by atoms with Crippen LogP contribution in [0.1, 0.15) is 54.4 Å². The summed E-state index contributed by atoms with van der Waals surface area (Å²) < 4.78 is 6.54. The number of pyridine rings is 1. The van der Waals surface area contributed by atoms with E-state index in [-0.39, 0.29) is 17.2 Å². The fraction of sp³-hybridized carbons (Fsp3) is 0.320. The molecule has 3 aromatic heterocycles. The third-order valence-corrected chi connectivity index (χ3v) is 6.57. The van der Waals surface area contributed by atoms with Gasteiger partial charge in [0.05, 0.1) is 17.8 Å². The predicted molar refractivity (Wildman–Crippen MR) is 136 cm³/mol. The van der Waals surface area contributed by atoms with Crippen LogP contribution in [-0.2, 0) is 14.3 Å². The maximum absolute atomic E-state index is 13.3. The van der Waals surface area contributed by atoms with Crippen molar-refractivity contribution in [1.82, 2.24) is 14.4 Å². The fourth-order valence-electron chi connectivity index (χ4n) is 3.93. The van der Waals surface area contributed by atoms with Gasteiger partial charge in [-0.2, -0.15) is 0 Å². The van der Waals surface area contributed by atoms with Gasteiger partial charge in [0.2, 0.25) is 0 Å². The molecule has 0 spiro atoms. The summed E-state index contributed by atoms with van der Waals surface area (Å²) in [6, 6.07) is 3.59. The quantitative estimate of drug-likeness (QED) is 0.373. The van der Waals surface area contributed by atoms with Gasteiger partial charge in [-0.15, -0.1) is 11.3 Å². The van der Waals surface area contributed by atoms with Crippen LogP contribution in [0.3, 0.4) is 0 Å². The number of aromatic nitrogens is 3. The highest BCUT2D eigenvalue weighted by Crippen LogP contribution is 2.24. The van der Waals surface area contributed by atoms with Crippen molar-refractivity contribution in [3.8, 4) is 0 Å². The van der Waals surface area contributed by atoms with E-state index in [1.807, 2.05) is 22.4 Å². The molecular weight excluding hydrogens is 468 g/mol. The molecule has 1 saturated heterocycles. The summed E-state index contributed by atoms with van der Waals surface area (Å²) in [7, 11) is 0. The van der Waals surface area contributed by atoms with Crippen LogP contribution in [0.25, 0.3) is 23.9 Å². The Bertz CT molecular complexity index is 1360. The molecule has 182 valence electrons. The van der Waals surface area contributed by atoms with Crippen molar-refractivity contribution in [3.63, 3.8) is 0 Å². The number of fused-ring (bicyclic) bond motifs is 1. The zero-order chi connectivity index (χ0) is 24.9. The van der Waals surface area contributed by atoms with Crippen molar-refractivity contribution in [2.24, 2.45) is 0 Å². The third kappa shape index (κ3) is 5.65. The van der Waals surface area contributed by atoms with Gasteiger partial charge in [-0.1, -0.05) is 19.9 Å². The Hall–Kier alpha value is -3.79. The summed E-state index contributed by atoms with van der Waals surface area (Å²) in [6.45, 7) is 5.60. The number of hydrogen-bond acceptors (Lipinski definition) is 8. The second-order valence-corrected chi connectivity index (χ2v) is 9.44. The molecule has 9 nitrogen and oxygen atoms in total. The van der Waals surface area contributed by atoms with Crippen molar-refractivity contribution >= 4 is 53.5 Å². The highest BCUT2D eigenvalue weighted by molar-refractivity contribution is 7.10. The molecule has 1 fully saturated rings. The summed E-state index contributed by atoms with van der Waals surface area (Å²) >= 11 is 1.57. The molecule has 4 rings (SSSR count). The van der Waals surface area contributed by atoms with Crippen molar-refractivity contribution in [1.29, 1.82) is 0 Å². The Morgan fingerprint density at radius 3 is 2.83 bits per heavy atom. The van der Waals surface area contributed by atoms with Gasteiger partial charge in [0.1, 0.15) is 22.6 Å². The number of hydrogen-bond donors (Lipinski definition) is 1. The normalized spacial score (nSPS) is 16.5. The fourth-order valence-corrected chi connectivity index (χ4v) is 4.80. The molecule has 0 aromatic carbocycles. The highest BCUT2D eigenvalue weighted by atomic mass is 32.1. The van der Waals surface area contributed by atoms with Crippen LogP contribution >= 0.6 is 11.3 Å². The Kier molecular flexibility index (Phi) is 7.40. The van der Waals surface area contributed by atoms with Crippen molar-refractivity contribution < 1.29 is 19.4 Å². The molecule has 3 aromatic rings. The van der Waals surface area contributed by atoms with Crippen molar-refractivity contribution in [2.75, 3.05) is 18.0 Å². The summed E-state index contributed by atoms with van der Waals surface area (Å²) in [5.41, 5.74) is 2.12. The largest absolute Gasteiger partial charge is 0.478 e. The number of nitrogens with zero attached hydrogens (tertiary/aromatic N) is 4. The van der Waals surface area contributed by atoms with Gasteiger partial charge in [-0.05, 0) is 48.6 Å². The lowest BCUT2D eigenvalue weighted by molar-refractivity contribution is -0.134. The van der Waals surface area contributed by atoms with Crippen LogP contribution in [0.5, 0.6) is 0 Å². The van der Waals surface area contributed by atoms with Crippen LogP contribution in [0, 0.1) is 0 Å². The number of carboxylic acids is 1. The zero-order valence-corrected chi connectivity index (χ0v) is 20.3. The molecule has 35 heavy (non-hydrogen) atoms. The lowest BCUT2D eigenvalue weighted by atomic mass is 10.1. The van der Waals surface area contributed by atoms with E-state index in [9.17, 15) is 14.4 Å². The smallest absolute Gasteiger partial charge is 0.328 e. The standard InChI is InChI=1S/C25H26N4O5S/c1-16(2)20-14-35-22(26-20)7-5-17-9-11-29-21(12-17)27-24(19(25(29)33)6-8-23(31)32)28-10-3-4-18(13-28)34-15-30/h5-9,11-12,14-16,18H,3-4,10,13H2,1-2H3,(H,31,32)/t18-/m1/s1. The zero-order valence-electron chi connectivity index (χ0n) is 19.5. The number of carbonyl (C=O) groups is 2. The number of anilines is 1. The summed E-state index contributed by atoms with van der Waals surface area (Å²) in [5, 5.41) is 12.1. The number of thiazole rings is 1. The van der Waals surface area contributed by atoms with Gasteiger partial charge in [0.25, 0.3) is 12.0 Å². The Morgan fingerprint density at radius 1 is 1.29 bits per heavy atom. The van der Waals surface area contributed by atoms with E-state index >= 15 is 0 Å². The second kappa shape index (κ2) is 10.6. The van der Waals surface area contributed by atoms with E-state index in [0.717, 1.165) is 28.8 Å². The van der Waals surface area contributed by atoms with Crippen LogP contribution in [0.2, 0.25) is 0 Å². The maximum atomic E-state index is 13.3. The van der Waals surface area contributed by atoms with Crippen LogP contribution in [0.4, 0.5) is 5.82 Å². The maximum Gasteiger partial charge on any atom is 0.328 e. The second-order valence-electron chi connectivity index (χ2n) is 8.56. The molecular formula is C25H26N4O5S. The van der Waals surface area contributed by atoms with Crippen LogP contribution in [-0.4, -0.2) is 51.1 Å². The summed E-state index contributed by atoms with van der Waals surface area (Å²) in [6.07, 6.45) is 8.81. The van der Waals surface area contributed by atoms with Gasteiger partial charge in [0.15, 0.2) is 0 Å². The van der Waals surface area contributed by atoms with E-state index in [1.54, 1.807) is 29.7 Å². The molecule has 0 saturated carbocycles. The molecule has 1 atom stereocenters. The molecule has 10 heteroatoms. The predicted octanol–water partition coefficient (Wildman–Crippen LogP) is 3.68. The minimum Gasteiger partial charge on any atom is -0.478 e. The molecule has 0 aliphatic carbocycles. The van der Waals surface area contributed by atoms with E-state index in [4.69, 9.17) is 14.8 Å². The monoisotopic (exact) mass is 494 g/mol. The minimum atomic E-state index is -1.16. The van der Waals surface area contributed by atoms with E-state index in [2.05, 4.69) is 18.8 Å². The van der Waals surface area contributed by atoms with Crippen molar-refractivity contribution in [3.05, 3.63) is 62.0 Å². The number of carbonyl (C=O) groups excluding carboxylic acids is 1. The lowest BCUT2D eigenvalue weighted by Crippen LogP contribution is -2.41. The molecule has 0 radical (unpaired) electrons. The average molecular weight is 495 g/mol. The minimum absolute atomic E-state index is 0.170. The first-order valence-electron chi connectivity index (χ1n) is 11.3. The van der Waals surface area contributed by atoms with Gasteiger partial charge < -0.3 is 14.7 Å². The van der Waals surface area contributed by atoms with Gasteiger partial charge >= 0.3 is 5.97 Å². The van der Waals surface area contributed by atoms with E-state index < -0.39 is 5.97 Å².